The van der Waals surface area contributed by atoms with E-state index in [1.165, 1.54) is 4.31 Å². The summed E-state index contributed by atoms with van der Waals surface area (Å²) in [4.78, 5) is 13.0. The van der Waals surface area contributed by atoms with E-state index in [0.29, 0.717) is 25.1 Å². The number of nitrogens with zero attached hydrogens (tertiary/aromatic N) is 1. The summed E-state index contributed by atoms with van der Waals surface area (Å²) in [5.74, 6) is 0.186. The molecule has 0 unspecified atom stereocenters. The summed E-state index contributed by atoms with van der Waals surface area (Å²) in [6, 6.07) is 14.5. The van der Waals surface area contributed by atoms with Gasteiger partial charge in [-0.05, 0) is 56.0 Å². The molecule has 1 aliphatic rings. The van der Waals surface area contributed by atoms with Crippen molar-refractivity contribution >= 4 is 15.9 Å². The van der Waals surface area contributed by atoms with E-state index in [1.807, 2.05) is 44.2 Å². The Hall–Kier alpha value is -2.38. The van der Waals surface area contributed by atoms with Crippen LogP contribution in [0.15, 0.2) is 53.4 Å². The lowest BCUT2D eigenvalue weighted by Gasteiger charge is -2.32. The maximum absolute atomic E-state index is 13.1. The second kappa shape index (κ2) is 8.97. The van der Waals surface area contributed by atoms with Crippen molar-refractivity contribution in [2.75, 3.05) is 20.2 Å². The van der Waals surface area contributed by atoms with Crippen LogP contribution in [0.5, 0.6) is 5.75 Å². The van der Waals surface area contributed by atoms with Crippen molar-refractivity contribution in [3.8, 4) is 5.75 Å². The van der Waals surface area contributed by atoms with E-state index in [1.54, 1.807) is 25.3 Å². The standard InChI is InChI=1S/C22H28N2O4S/c1-16-14-20(11-12-21(16)28-3)29(26,27)24-13-7-10-19(15-24)22(25)23-17(2)18-8-5-4-6-9-18/h4-6,8-9,11-12,14,17,19H,7,10,13,15H2,1-3H3,(H,23,25)/t17-,19-/m1/s1. The Bertz CT molecular complexity index is 960. The maximum Gasteiger partial charge on any atom is 0.243 e. The lowest BCUT2D eigenvalue weighted by molar-refractivity contribution is -0.126. The summed E-state index contributed by atoms with van der Waals surface area (Å²) in [7, 11) is -2.10. The zero-order chi connectivity index (χ0) is 21.0. The first-order chi connectivity index (χ1) is 13.8. The number of ether oxygens (including phenoxy) is 1. The van der Waals surface area contributed by atoms with E-state index >= 15 is 0 Å². The van der Waals surface area contributed by atoms with Gasteiger partial charge in [-0.25, -0.2) is 8.42 Å². The van der Waals surface area contributed by atoms with E-state index in [2.05, 4.69) is 5.32 Å². The number of sulfonamides is 1. The second-order valence-electron chi connectivity index (χ2n) is 7.47. The van der Waals surface area contributed by atoms with Crippen LogP contribution in [0.25, 0.3) is 0 Å². The monoisotopic (exact) mass is 416 g/mol. The van der Waals surface area contributed by atoms with E-state index in [0.717, 1.165) is 11.1 Å². The fourth-order valence-corrected chi connectivity index (χ4v) is 5.30. The third-order valence-corrected chi connectivity index (χ3v) is 7.28. The van der Waals surface area contributed by atoms with Gasteiger partial charge in [0.25, 0.3) is 0 Å². The second-order valence-corrected chi connectivity index (χ2v) is 9.41. The largest absolute Gasteiger partial charge is 0.496 e. The first-order valence-electron chi connectivity index (χ1n) is 9.83. The van der Waals surface area contributed by atoms with Crippen molar-refractivity contribution < 1.29 is 17.9 Å². The van der Waals surface area contributed by atoms with Crippen molar-refractivity contribution in [2.45, 2.75) is 37.6 Å². The summed E-state index contributed by atoms with van der Waals surface area (Å²) in [6.07, 6.45) is 1.34. The van der Waals surface area contributed by atoms with Crippen LogP contribution < -0.4 is 10.1 Å². The smallest absolute Gasteiger partial charge is 0.243 e. The van der Waals surface area contributed by atoms with Gasteiger partial charge in [0.1, 0.15) is 5.75 Å². The first kappa shape index (κ1) is 21.3. The molecule has 29 heavy (non-hydrogen) atoms. The third-order valence-electron chi connectivity index (χ3n) is 5.42. The number of hydrogen-bond acceptors (Lipinski definition) is 4. The van der Waals surface area contributed by atoms with Gasteiger partial charge in [0, 0.05) is 13.1 Å². The van der Waals surface area contributed by atoms with Gasteiger partial charge < -0.3 is 10.1 Å². The molecule has 1 aliphatic heterocycles. The zero-order valence-electron chi connectivity index (χ0n) is 17.1. The Morgan fingerprint density at radius 3 is 2.59 bits per heavy atom. The highest BCUT2D eigenvalue weighted by Crippen LogP contribution is 2.27. The molecular formula is C22H28N2O4S. The SMILES string of the molecule is COc1ccc(S(=O)(=O)N2CCC[C@@H](C(=O)N[C@H](C)c3ccccc3)C2)cc1C. The van der Waals surface area contributed by atoms with Crippen molar-refractivity contribution in [1.29, 1.82) is 0 Å². The number of methoxy groups -OCH3 is 1. The predicted molar refractivity (Wildman–Crippen MR) is 112 cm³/mol. The molecule has 1 N–H and O–H groups in total. The first-order valence-corrected chi connectivity index (χ1v) is 11.3. The van der Waals surface area contributed by atoms with Crippen LogP contribution in [0, 0.1) is 12.8 Å². The third kappa shape index (κ3) is 4.79. The van der Waals surface area contributed by atoms with Gasteiger partial charge >= 0.3 is 0 Å². The van der Waals surface area contributed by atoms with Gasteiger partial charge in [0.2, 0.25) is 15.9 Å². The quantitative estimate of drug-likeness (QED) is 0.784. The van der Waals surface area contributed by atoms with Crippen molar-refractivity contribution in [3.05, 3.63) is 59.7 Å². The Balaban J connectivity index is 1.71. The van der Waals surface area contributed by atoms with Gasteiger partial charge in [-0.1, -0.05) is 30.3 Å². The number of aryl methyl sites for hydroxylation is 1. The average Bonchev–Trinajstić information content (AvgIpc) is 2.74. The summed E-state index contributed by atoms with van der Waals surface area (Å²) in [5, 5.41) is 3.02. The minimum Gasteiger partial charge on any atom is -0.496 e. The number of benzene rings is 2. The fourth-order valence-electron chi connectivity index (χ4n) is 3.69. The van der Waals surface area contributed by atoms with Crippen LogP contribution in [0.3, 0.4) is 0 Å². The molecule has 2 atom stereocenters. The average molecular weight is 417 g/mol. The number of hydrogen-bond donors (Lipinski definition) is 1. The van der Waals surface area contributed by atoms with Crippen LogP contribution >= 0.6 is 0 Å². The highest BCUT2D eigenvalue weighted by Gasteiger charge is 2.34. The Kier molecular flexibility index (Phi) is 6.59. The number of carbonyl (C=O) groups excluding carboxylic acids is 1. The molecule has 2 aromatic carbocycles. The number of carbonyl (C=O) groups is 1. The van der Waals surface area contributed by atoms with Crippen molar-refractivity contribution in [1.82, 2.24) is 9.62 Å². The van der Waals surface area contributed by atoms with E-state index in [-0.39, 0.29) is 29.3 Å². The van der Waals surface area contributed by atoms with Crippen LogP contribution in [-0.4, -0.2) is 38.8 Å². The topological polar surface area (TPSA) is 75.7 Å². The van der Waals surface area contributed by atoms with E-state index in [9.17, 15) is 13.2 Å². The van der Waals surface area contributed by atoms with Gasteiger partial charge in [-0.3, -0.25) is 4.79 Å². The predicted octanol–water partition coefficient (Wildman–Crippen LogP) is 3.28. The Morgan fingerprint density at radius 2 is 1.93 bits per heavy atom. The molecule has 156 valence electrons. The van der Waals surface area contributed by atoms with Gasteiger partial charge in [0.15, 0.2) is 0 Å². The van der Waals surface area contributed by atoms with E-state index in [4.69, 9.17) is 4.74 Å². The Morgan fingerprint density at radius 1 is 1.21 bits per heavy atom. The minimum atomic E-state index is -3.66. The molecule has 2 aromatic rings. The number of piperidine rings is 1. The van der Waals surface area contributed by atoms with Crippen LogP contribution in [0.1, 0.15) is 36.9 Å². The molecule has 0 spiro atoms. The van der Waals surface area contributed by atoms with Crippen molar-refractivity contribution in [3.63, 3.8) is 0 Å². The summed E-state index contributed by atoms with van der Waals surface area (Å²) in [6.45, 7) is 4.37. The highest BCUT2D eigenvalue weighted by molar-refractivity contribution is 7.89. The normalized spacial score (nSPS) is 18.8. The molecule has 0 aliphatic carbocycles. The molecule has 1 amide bonds. The molecule has 1 saturated heterocycles. The number of nitrogens with one attached hydrogen (secondary N) is 1. The van der Waals surface area contributed by atoms with E-state index < -0.39 is 10.0 Å². The lowest BCUT2D eigenvalue weighted by Crippen LogP contribution is -2.45. The minimum absolute atomic E-state index is 0.104. The molecule has 6 nitrogen and oxygen atoms in total. The van der Waals surface area contributed by atoms with Gasteiger partial charge in [-0.15, -0.1) is 0 Å². The highest BCUT2D eigenvalue weighted by atomic mass is 32.2. The lowest BCUT2D eigenvalue weighted by atomic mass is 9.98. The summed E-state index contributed by atoms with van der Waals surface area (Å²) in [5.41, 5.74) is 1.78. The van der Waals surface area contributed by atoms with Crippen LogP contribution in [0.2, 0.25) is 0 Å². The molecule has 0 aromatic heterocycles. The fraction of sp³-hybridized carbons (Fsp3) is 0.409. The number of amides is 1. The van der Waals surface area contributed by atoms with Crippen molar-refractivity contribution in [2.24, 2.45) is 5.92 Å². The summed E-state index contributed by atoms with van der Waals surface area (Å²) < 4.78 is 32.9. The number of rotatable bonds is 6. The molecular weight excluding hydrogens is 388 g/mol. The molecule has 0 radical (unpaired) electrons. The molecule has 7 heteroatoms. The molecule has 3 rings (SSSR count). The molecule has 1 heterocycles. The van der Waals surface area contributed by atoms with Gasteiger partial charge in [0.05, 0.1) is 24.0 Å². The molecule has 1 fully saturated rings. The maximum atomic E-state index is 13.1. The molecule has 0 saturated carbocycles. The van der Waals surface area contributed by atoms with Crippen LogP contribution in [0.4, 0.5) is 0 Å². The molecule has 0 bridgehead atoms. The summed E-state index contributed by atoms with van der Waals surface area (Å²) >= 11 is 0. The zero-order valence-corrected chi connectivity index (χ0v) is 17.9. The van der Waals surface area contributed by atoms with Gasteiger partial charge in [-0.2, -0.15) is 4.31 Å². The Labute approximate surface area is 172 Å². The van der Waals surface area contributed by atoms with Crippen LogP contribution in [-0.2, 0) is 14.8 Å².